The highest BCUT2D eigenvalue weighted by Gasteiger charge is 2.58. The molecule has 1 aliphatic carbocycles. The van der Waals surface area contributed by atoms with E-state index in [1.54, 1.807) is 12.1 Å². The molecule has 8 heteroatoms. The Morgan fingerprint density at radius 1 is 1.26 bits per heavy atom. The molecule has 4 rings (SSSR count). The van der Waals surface area contributed by atoms with Crippen molar-refractivity contribution in [2.24, 2.45) is 11.8 Å². The number of rotatable bonds is 2. The van der Waals surface area contributed by atoms with Gasteiger partial charge in [-0.25, -0.2) is 4.79 Å². The van der Waals surface area contributed by atoms with E-state index < -0.39 is 17.8 Å². The van der Waals surface area contributed by atoms with Gasteiger partial charge in [-0.1, -0.05) is 12.1 Å². The van der Waals surface area contributed by atoms with Crippen LogP contribution in [-0.4, -0.2) is 43.1 Å². The van der Waals surface area contributed by atoms with Crippen molar-refractivity contribution in [3.8, 4) is 0 Å². The highest BCUT2D eigenvalue weighted by Crippen LogP contribution is 2.59. The number of alkyl carbamates (subject to hydrolysis) is 1. The van der Waals surface area contributed by atoms with Crippen molar-refractivity contribution in [2.45, 2.75) is 30.9 Å². The van der Waals surface area contributed by atoms with Crippen molar-refractivity contribution >= 4 is 12.0 Å². The summed E-state index contributed by atoms with van der Waals surface area (Å²) in [5, 5.41) is 2.59. The number of cyclic esters (lactones) is 1. The summed E-state index contributed by atoms with van der Waals surface area (Å²) in [5.41, 5.74) is 0.203. The normalized spacial score (nSPS) is 30.6. The minimum atomic E-state index is -4.33. The van der Waals surface area contributed by atoms with Gasteiger partial charge in [-0.3, -0.25) is 4.79 Å². The van der Waals surface area contributed by atoms with Gasteiger partial charge in [0.2, 0.25) is 5.91 Å². The standard InChI is InChI=1S/C19H21F3N2O3/c20-19(21,22)14-3-1-13(2-4-14)18-6-7-24(11-15(18)9-18)16(25)12-5-8-27-17(26)23-10-12/h1-4,12,15H,5-11H2,(H,23,26)/t12-,15?,18?/m1/s1. The number of carbonyl (C=O) groups is 2. The average molecular weight is 382 g/mol. The van der Waals surface area contributed by atoms with Gasteiger partial charge < -0.3 is 15.0 Å². The maximum Gasteiger partial charge on any atom is 0.416 e. The first-order chi connectivity index (χ1) is 12.8. The minimum Gasteiger partial charge on any atom is -0.450 e. The molecule has 2 saturated heterocycles. The van der Waals surface area contributed by atoms with Crippen LogP contribution in [0.4, 0.5) is 18.0 Å². The summed E-state index contributed by atoms with van der Waals surface area (Å²) in [6.07, 6.45) is -2.67. The Bertz CT molecular complexity index is 750. The number of hydrogen-bond acceptors (Lipinski definition) is 3. The third-order valence-electron chi connectivity index (χ3n) is 6.14. The lowest BCUT2D eigenvalue weighted by Crippen LogP contribution is -2.45. The van der Waals surface area contributed by atoms with E-state index in [1.807, 2.05) is 4.90 Å². The molecular formula is C19H21F3N2O3. The van der Waals surface area contributed by atoms with Gasteiger partial charge in [0, 0.05) is 25.0 Å². The summed E-state index contributed by atoms with van der Waals surface area (Å²) in [6, 6.07) is 5.45. The van der Waals surface area contributed by atoms with Gasteiger partial charge >= 0.3 is 12.3 Å². The molecule has 3 fully saturated rings. The number of nitrogens with zero attached hydrogens (tertiary/aromatic N) is 1. The summed E-state index contributed by atoms with van der Waals surface area (Å²) < 4.78 is 43.2. The second-order valence-electron chi connectivity index (χ2n) is 7.67. The zero-order valence-electron chi connectivity index (χ0n) is 14.7. The molecule has 0 aromatic heterocycles. The number of alkyl halides is 3. The Labute approximate surface area is 154 Å². The van der Waals surface area contributed by atoms with Crippen molar-refractivity contribution in [1.82, 2.24) is 10.2 Å². The van der Waals surface area contributed by atoms with E-state index in [-0.39, 0.29) is 36.3 Å². The van der Waals surface area contributed by atoms with Crippen LogP contribution in [0, 0.1) is 11.8 Å². The van der Waals surface area contributed by atoms with Crippen molar-refractivity contribution in [2.75, 3.05) is 26.2 Å². The molecule has 5 nitrogen and oxygen atoms in total. The number of nitrogens with one attached hydrogen (secondary N) is 1. The first-order valence-corrected chi connectivity index (χ1v) is 9.17. The van der Waals surface area contributed by atoms with E-state index in [1.165, 1.54) is 0 Å². The van der Waals surface area contributed by atoms with Gasteiger partial charge in [0.25, 0.3) is 0 Å². The van der Waals surface area contributed by atoms with E-state index in [9.17, 15) is 22.8 Å². The van der Waals surface area contributed by atoms with Crippen LogP contribution < -0.4 is 5.32 Å². The molecule has 0 radical (unpaired) electrons. The molecule has 0 bridgehead atoms. The molecule has 0 spiro atoms. The number of ether oxygens (including phenoxy) is 1. The van der Waals surface area contributed by atoms with Crippen molar-refractivity contribution in [3.63, 3.8) is 0 Å². The summed E-state index contributed by atoms with van der Waals surface area (Å²) >= 11 is 0. The summed E-state index contributed by atoms with van der Waals surface area (Å²) in [6.45, 7) is 1.71. The Balaban J connectivity index is 1.40. The molecule has 1 N–H and O–H groups in total. The third kappa shape index (κ3) is 3.37. The monoisotopic (exact) mass is 382 g/mol. The van der Waals surface area contributed by atoms with E-state index >= 15 is 0 Å². The summed E-state index contributed by atoms with van der Waals surface area (Å²) in [7, 11) is 0. The molecular weight excluding hydrogens is 361 g/mol. The van der Waals surface area contributed by atoms with Gasteiger partial charge in [0.05, 0.1) is 18.1 Å². The molecule has 27 heavy (non-hydrogen) atoms. The number of amides is 2. The molecule has 2 unspecified atom stereocenters. The van der Waals surface area contributed by atoms with Gasteiger partial charge in [-0.05, 0) is 42.9 Å². The predicted molar refractivity (Wildman–Crippen MR) is 89.9 cm³/mol. The fourth-order valence-corrected chi connectivity index (χ4v) is 4.43. The van der Waals surface area contributed by atoms with Crippen LogP contribution in [-0.2, 0) is 21.1 Å². The van der Waals surface area contributed by atoms with Crippen LogP contribution in [0.1, 0.15) is 30.4 Å². The number of hydrogen-bond donors (Lipinski definition) is 1. The molecule has 3 atom stereocenters. The van der Waals surface area contributed by atoms with Crippen LogP contribution >= 0.6 is 0 Å². The van der Waals surface area contributed by atoms with E-state index in [0.717, 1.165) is 30.5 Å². The number of carbonyl (C=O) groups excluding carboxylic acids is 2. The van der Waals surface area contributed by atoms with Gasteiger partial charge in [0.15, 0.2) is 0 Å². The largest absolute Gasteiger partial charge is 0.450 e. The fraction of sp³-hybridized carbons (Fsp3) is 0.579. The first-order valence-electron chi connectivity index (χ1n) is 9.17. The topological polar surface area (TPSA) is 58.6 Å². The highest BCUT2D eigenvalue weighted by molar-refractivity contribution is 5.80. The Morgan fingerprint density at radius 3 is 2.67 bits per heavy atom. The molecule has 1 aromatic carbocycles. The van der Waals surface area contributed by atoms with E-state index in [4.69, 9.17) is 4.74 Å². The lowest BCUT2D eigenvalue weighted by molar-refractivity contribution is -0.138. The number of benzene rings is 1. The second kappa shape index (κ2) is 6.42. The van der Waals surface area contributed by atoms with Crippen LogP contribution in [0.3, 0.4) is 0 Å². The summed E-state index contributed by atoms with van der Waals surface area (Å²) in [4.78, 5) is 25.8. The third-order valence-corrected chi connectivity index (χ3v) is 6.14. The number of halogens is 3. The van der Waals surface area contributed by atoms with Crippen LogP contribution in [0.2, 0.25) is 0 Å². The van der Waals surface area contributed by atoms with Gasteiger partial charge in [-0.2, -0.15) is 13.2 Å². The second-order valence-corrected chi connectivity index (χ2v) is 7.67. The lowest BCUT2D eigenvalue weighted by Gasteiger charge is -2.34. The molecule has 1 aromatic rings. The maximum atomic E-state index is 12.8. The van der Waals surface area contributed by atoms with Crippen molar-refractivity contribution in [3.05, 3.63) is 35.4 Å². The molecule has 2 aliphatic heterocycles. The first kappa shape index (κ1) is 18.1. The Hall–Kier alpha value is -2.25. The number of fused-ring (bicyclic) bond motifs is 1. The lowest BCUT2D eigenvalue weighted by atomic mass is 9.86. The highest BCUT2D eigenvalue weighted by atomic mass is 19.4. The summed E-state index contributed by atoms with van der Waals surface area (Å²) in [5.74, 6) is 0.0195. The quantitative estimate of drug-likeness (QED) is 0.856. The zero-order chi connectivity index (χ0) is 19.2. The van der Waals surface area contributed by atoms with E-state index in [0.29, 0.717) is 19.5 Å². The SMILES string of the molecule is O=C1NC[C@H](C(=O)N2CCC3(c4ccc(C(F)(F)F)cc4)CC3C2)CCO1. The molecule has 146 valence electrons. The number of likely N-dealkylation sites (tertiary alicyclic amines) is 1. The van der Waals surface area contributed by atoms with Crippen molar-refractivity contribution < 1.29 is 27.5 Å². The van der Waals surface area contributed by atoms with Crippen LogP contribution in [0.25, 0.3) is 0 Å². The molecule has 2 heterocycles. The Kier molecular flexibility index (Phi) is 4.31. The maximum absolute atomic E-state index is 12.8. The zero-order valence-corrected chi connectivity index (χ0v) is 14.7. The van der Waals surface area contributed by atoms with Gasteiger partial charge in [0.1, 0.15) is 0 Å². The van der Waals surface area contributed by atoms with Crippen LogP contribution in [0.15, 0.2) is 24.3 Å². The Morgan fingerprint density at radius 2 is 2.00 bits per heavy atom. The molecule has 1 saturated carbocycles. The number of piperidine rings is 1. The molecule has 2 amide bonds. The fourth-order valence-electron chi connectivity index (χ4n) is 4.43. The van der Waals surface area contributed by atoms with Crippen LogP contribution in [0.5, 0.6) is 0 Å². The van der Waals surface area contributed by atoms with Gasteiger partial charge in [-0.15, -0.1) is 0 Å². The minimum absolute atomic E-state index is 0.0220. The van der Waals surface area contributed by atoms with E-state index in [2.05, 4.69) is 5.32 Å². The van der Waals surface area contributed by atoms with Crippen molar-refractivity contribution in [1.29, 1.82) is 0 Å². The smallest absolute Gasteiger partial charge is 0.416 e. The molecule has 3 aliphatic rings. The predicted octanol–water partition coefficient (Wildman–Crippen LogP) is 2.94. The average Bonchev–Trinajstić information content (AvgIpc) is 3.40.